The van der Waals surface area contributed by atoms with Crippen LogP contribution in [0.1, 0.15) is 28.3 Å². The average molecular weight is 324 g/mol. The van der Waals surface area contributed by atoms with Crippen LogP contribution in [0.4, 0.5) is 20.3 Å². The summed E-state index contributed by atoms with van der Waals surface area (Å²) in [6.07, 6.45) is 1.20. The van der Waals surface area contributed by atoms with E-state index in [9.17, 15) is 13.6 Å². The molecule has 0 bridgehead atoms. The molecule has 2 aromatic rings. The Hall–Kier alpha value is -2.21. The molecule has 0 saturated heterocycles. The lowest BCUT2D eigenvalue weighted by Crippen LogP contribution is -2.12. The van der Waals surface area contributed by atoms with Crippen molar-refractivity contribution in [1.82, 2.24) is 4.98 Å². The van der Waals surface area contributed by atoms with Crippen molar-refractivity contribution in [3.8, 4) is 0 Å². The van der Waals surface area contributed by atoms with Crippen molar-refractivity contribution >= 4 is 29.0 Å². The molecule has 1 aliphatic rings. The van der Waals surface area contributed by atoms with Crippen molar-refractivity contribution in [2.75, 3.05) is 11.1 Å². The van der Waals surface area contributed by atoms with E-state index in [0.29, 0.717) is 11.3 Å². The first-order valence-corrected chi connectivity index (χ1v) is 6.95. The number of nitrogen functional groups attached to an aromatic ring is 1. The number of carbonyl (C=O) groups excluding carboxylic acids is 1. The third-order valence-electron chi connectivity index (χ3n) is 3.53. The molecule has 1 amide bonds. The summed E-state index contributed by atoms with van der Waals surface area (Å²) in [6.45, 7) is 0. The zero-order chi connectivity index (χ0) is 15.9. The van der Waals surface area contributed by atoms with Gasteiger partial charge in [0.25, 0.3) is 11.8 Å². The molecule has 1 aromatic heterocycles. The number of alkyl halides is 2. The van der Waals surface area contributed by atoms with E-state index in [1.54, 1.807) is 24.3 Å². The number of halogens is 3. The Labute approximate surface area is 130 Å². The molecular formula is C15H12ClF2N3O. The molecule has 3 rings (SSSR count). The molecule has 114 valence electrons. The molecule has 4 nitrogen and oxygen atoms in total. The summed E-state index contributed by atoms with van der Waals surface area (Å²) >= 11 is 5.81. The molecule has 3 N–H and O–H groups in total. The molecule has 1 atom stereocenters. The van der Waals surface area contributed by atoms with Gasteiger partial charge in [0.2, 0.25) is 0 Å². The highest BCUT2D eigenvalue weighted by Crippen LogP contribution is 2.55. The lowest BCUT2D eigenvalue weighted by atomic mass is 10.1. The first-order valence-electron chi connectivity index (χ1n) is 6.57. The molecule has 1 fully saturated rings. The van der Waals surface area contributed by atoms with Crippen molar-refractivity contribution < 1.29 is 13.6 Å². The van der Waals surface area contributed by atoms with Crippen LogP contribution in [0.15, 0.2) is 36.5 Å². The lowest BCUT2D eigenvalue weighted by Gasteiger charge is -2.07. The minimum absolute atomic E-state index is 0.117. The monoisotopic (exact) mass is 323 g/mol. The number of hydrogen-bond acceptors (Lipinski definition) is 3. The summed E-state index contributed by atoms with van der Waals surface area (Å²) in [7, 11) is 0. The van der Waals surface area contributed by atoms with Crippen molar-refractivity contribution in [2.24, 2.45) is 0 Å². The first-order chi connectivity index (χ1) is 10.4. The van der Waals surface area contributed by atoms with Gasteiger partial charge in [0.15, 0.2) is 0 Å². The van der Waals surface area contributed by atoms with E-state index in [1.165, 1.54) is 12.3 Å². The number of hydrogen-bond donors (Lipinski definition) is 2. The van der Waals surface area contributed by atoms with Gasteiger partial charge in [-0.15, -0.1) is 0 Å². The van der Waals surface area contributed by atoms with Gasteiger partial charge in [-0.05, 0) is 23.8 Å². The maximum Gasteiger partial charge on any atom is 0.257 e. The Morgan fingerprint density at radius 1 is 1.36 bits per heavy atom. The van der Waals surface area contributed by atoms with Crippen LogP contribution >= 0.6 is 11.6 Å². The van der Waals surface area contributed by atoms with Crippen molar-refractivity contribution in [1.29, 1.82) is 0 Å². The molecule has 1 heterocycles. The molecule has 0 aliphatic heterocycles. The van der Waals surface area contributed by atoms with Crippen LogP contribution in [-0.4, -0.2) is 16.8 Å². The van der Waals surface area contributed by atoms with Crippen LogP contribution in [0.2, 0.25) is 5.02 Å². The third kappa shape index (κ3) is 2.87. The van der Waals surface area contributed by atoms with Crippen molar-refractivity contribution in [2.45, 2.75) is 18.3 Å². The van der Waals surface area contributed by atoms with E-state index in [0.717, 1.165) is 0 Å². The number of pyridine rings is 1. The van der Waals surface area contributed by atoms with Gasteiger partial charge in [-0.25, -0.2) is 13.8 Å². The van der Waals surface area contributed by atoms with E-state index >= 15 is 0 Å². The molecule has 1 unspecified atom stereocenters. The number of rotatable bonds is 3. The van der Waals surface area contributed by atoms with Gasteiger partial charge in [0.1, 0.15) is 5.82 Å². The Kier molecular flexibility index (Phi) is 3.48. The number of nitrogens with two attached hydrogens (primary N) is 1. The topological polar surface area (TPSA) is 68.0 Å². The van der Waals surface area contributed by atoms with Gasteiger partial charge in [-0.3, -0.25) is 4.79 Å². The Morgan fingerprint density at radius 2 is 2.00 bits per heavy atom. The fourth-order valence-corrected chi connectivity index (χ4v) is 2.32. The molecule has 22 heavy (non-hydrogen) atoms. The second kappa shape index (κ2) is 5.21. The van der Waals surface area contributed by atoms with E-state index < -0.39 is 17.7 Å². The molecule has 1 saturated carbocycles. The van der Waals surface area contributed by atoms with Crippen LogP contribution in [0, 0.1) is 0 Å². The normalized spacial score (nSPS) is 18.8. The summed E-state index contributed by atoms with van der Waals surface area (Å²) in [5, 5.41) is 2.84. The largest absolute Gasteiger partial charge is 0.382 e. The number of benzene rings is 1. The maximum atomic E-state index is 13.0. The highest BCUT2D eigenvalue weighted by atomic mass is 35.5. The highest BCUT2D eigenvalue weighted by Gasteiger charge is 2.57. The fourth-order valence-electron chi connectivity index (χ4n) is 2.15. The second-order valence-corrected chi connectivity index (χ2v) is 5.59. The standard InChI is InChI=1S/C15H12ClF2N3O/c16-12-5-9(7-20-13(12)19)14(22)21-10-3-1-8(2-4-10)11-6-15(11,17)18/h1-5,7,11H,6H2,(H2,19,20)(H,21,22). The number of carbonyl (C=O) groups is 1. The zero-order valence-corrected chi connectivity index (χ0v) is 12.1. The second-order valence-electron chi connectivity index (χ2n) is 5.18. The molecule has 7 heteroatoms. The Bertz CT molecular complexity index is 734. The maximum absolute atomic E-state index is 13.0. The predicted octanol–water partition coefficient (Wildman–Crippen LogP) is 3.69. The summed E-state index contributed by atoms with van der Waals surface area (Å²) in [5.41, 5.74) is 6.81. The molecule has 0 radical (unpaired) electrons. The van der Waals surface area contributed by atoms with Gasteiger partial charge >= 0.3 is 0 Å². The average Bonchev–Trinajstić information content (AvgIpc) is 3.11. The van der Waals surface area contributed by atoms with Crippen molar-refractivity contribution in [3.05, 3.63) is 52.7 Å². The van der Waals surface area contributed by atoms with Gasteiger partial charge in [0, 0.05) is 18.3 Å². The minimum atomic E-state index is -2.60. The van der Waals surface area contributed by atoms with Crippen LogP contribution in [0.25, 0.3) is 0 Å². The van der Waals surface area contributed by atoms with Gasteiger partial charge in [-0.2, -0.15) is 0 Å². The predicted molar refractivity (Wildman–Crippen MR) is 80.4 cm³/mol. The number of nitrogens with zero attached hydrogens (tertiary/aromatic N) is 1. The summed E-state index contributed by atoms with van der Waals surface area (Å²) in [6, 6.07) is 7.78. The third-order valence-corrected chi connectivity index (χ3v) is 3.83. The molecular weight excluding hydrogens is 312 g/mol. The van der Waals surface area contributed by atoms with E-state index in [1.807, 2.05) is 0 Å². The minimum Gasteiger partial charge on any atom is -0.382 e. The highest BCUT2D eigenvalue weighted by molar-refractivity contribution is 6.33. The summed E-state index contributed by atoms with van der Waals surface area (Å²) in [5.74, 6) is -3.57. The molecule has 0 spiro atoms. The Morgan fingerprint density at radius 3 is 2.55 bits per heavy atom. The smallest absolute Gasteiger partial charge is 0.257 e. The summed E-state index contributed by atoms with van der Waals surface area (Å²) < 4.78 is 26.0. The van der Waals surface area contributed by atoms with Crippen molar-refractivity contribution in [3.63, 3.8) is 0 Å². The number of anilines is 2. The molecule has 1 aliphatic carbocycles. The number of amides is 1. The van der Waals surface area contributed by atoms with Gasteiger partial charge in [-0.1, -0.05) is 23.7 Å². The number of aromatic nitrogens is 1. The van der Waals surface area contributed by atoms with E-state index in [4.69, 9.17) is 17.3 Å². The quantitative estimate of drug-likeness (QED) is 0.905. The van der Waals surface area contributed by atoms with Gasteiger partial charge in [0.05, 0.1) is 16.5 Å². The lowest BCUT2D eigenvalue weighted by molar-refractivity contribution is 0.102. The Balaban J connectivity index is 1.70. The SMILES string of the molecule is Nc1ncc(C(=O)Nc2ccc(C3CC3(F)F)cc2)cc1Cl. The number of nitrogens with one attached hydrogen (secondary N) is 1. The van der Waals surface area contributed by atoms with Gasteiger partial charge < -0.3 is 11.1 Å². The van der Waals surface area contributed by atoms with Crippen LogP contribution < -0.4 is 11.1 Å². The van der Waals surface area contributed by atoms with Crippen LogP contribution in [0.3, 0.4) is 0 Å². The summed E-state index contributed by atoms with van der Waals surface area (Å²) in [4.78, 5) is 15.8. The van der Waals surface area contributed by atoms with E-state index in [-0.39, 0.29) is 22.8 Å². The first kappa shape index (κ1) is 14.7. The fraction of sp³-hybridized carbons (Fsp3) is 0.200. The van der Waals surface area contributed by atoms with Crippen LogP contribution in [0.5, 0.6) is 0 Å². The molecule has 1 aromatic carbocycles. The zero-order valence-electron chi connectivity index (χ0n) is 11.3. The van der Waals surface area contributed by atoms with Crippen LogP contribution in [-0.2, 0) is 0 Å². The van der Waals surface area contributed by atoms with E-state index in [2.05, 4.69) is 10.3 Å².